The highest BCUT2D eigenvalue weighted by Crippen LogP contribution is 2.39. The molecule has 2 aromatic rings. The standard InChI is InChI=1S/C20H23NO3/c1-20(2)17(24-14-16-11-7-4-8-12-16)18(22)21(19(20)23)13-15-9-5-3-6-10-15/h3-12,17,19,23H,13-14H2,1-2H3/t17-,19+/m1/s1. The normalized spacial score (nSPS) is 22.8. The molecule has 4 nitrogen and oxygen atoms in total. The molecule has 0 saturated carbocycles. The van der Waals surface area contributed by atoms with Crippen LogP contribution in [0.4, 0.5) is 0 Å². The first-order chi connectivity index (χ1) is 11.5. The van der Waals surface area contributed by atoms with Gasteiger partial charge in [-0.05, 0) is 11.1 Å². The summed E-state index contributed by atoms with van der Waals surface area (Å²) in [6.45, 7) is 4.48. The zero-order valence-corrected chi connectivity index (χ0v) is 14.1. The zero-order valence-electron chi connectivity index (χ0n) is 14.1. The summed E-state index contributed by atoms with van der Waals surface area (Å²) in [5, 5.41) is 10.6. The molecule has 126 valence electrons. The molecular weight excluding hydrogens is 302 g/mol. The first-order valence-corrected chi connectivity index (χ1v) is 8.18. The highest BCUT2D eigenvalue weighted by atomic mass is 16.5. The van der Waals surface area contributed by atoms with E-state index in [1.807, 2.05) is 74.5 Å². The van der Waals surface area contributed by atoms with Crippen LogP contribution < -0.4 is 0 Å². The number of amides is 1. The molecule has 24 heavy (non-hydrogen) atoms. The molecule has 2 aromatic carbocycles. The van der Waals surface area contributed by atoms with Gasteiger partial charge >= 0.3 is 0 Å². The molecule has 1 fully saturated rings. The van der Waals surface area contributed by atoms with Crippen LogP contribution in [0.15, 0.2) is 60.7 Å². The van der Waals surface area contributed by atoms with Crippen molar-refractivity contribution in [3.63, 3.8) is 0 Å². The predicted molar refractivity (Wildman–Crippen MR) is 91.8 cm³/mol. The molecule has 0 radical (unpaired) electrons. The van der Waals surface area contributed by atoms with Gasteiger partial charge in [0.25, 0.3) is 5.91 Å². The molecule has 1 aliphatic rings. The van der Waals surface area contributed by atoms with Crippen molar-refractivity contribution in [2.24, 2.45) is 5.41 Å². The van der Waals surface area contributed by atoms with Crippen molar-refractivity contribution in [3.05, 3.63) is 71.8 Å². The lowest BCUT2D eigenvalue weighted by molar-refractivity contribution is -0.142. The van der Waals surface area contributed by atoms with Crippen LogP contribution in [-0.2, 0) is 22.7 Å². The Morgan fingerprint density at radius 2 is 1.54 bits per heavy atom. The van der Waals surface area contributed by atoms with Gasteiger partial charge in [0.15, 0.2) is 0 Å². The number of hydrogen-bond acceptors (Lipinski definition) is 3. The van der Waals surface area contributed by atoms with Gasteiger partial charge in [-0.2, -0.15) is 0 Å². The van der Waals surface area contributed by atoms with Crippen LogP contribution in [0.1, 0.15) is 25.0 Å². The highest BCUT2D eigenvalue weighted by Gasteiger charge is 2.53. The van der Waals surface area contributed by atoms with E-state index >= 15 is 0 Å². The molecule has 3 rings (SSSR count). The van der Waals surface area contributed by atoms with Crippen molar-refractivity contribution < 1.29 is 14.6 Å². The van der Waals surface area contributed by atoms with E-state index in [2.05, 4.69) is 0 Å². The average Bonchev–Trinajstić information content (AvgIpc) is 2.75. The number of carbonyl (C=O) groups excluding carboxylic acids is 1. The SMILES string of the molecule is CC1(C)[C@H](OCc2ccccc2)C(=O)N(Cc2ccccc2)[C@H]1O. The van der Waals surface area contributed by atoms with Gasteiger partial charge in [-0.1, -0.05) is 74.5 Å². The van der Waals surface area contributed by atoms with Crippen molar-refractivity contribution >= 4 is 5.91 Å². The monoisotopic (exact) mass is 325 g/mol. The van der Waals surface area contributed by atoms with Gasteiger partial charge in [0.1, 0.15) is 12.3 Å². The van der Waals surface area contributed by atoms with Crippen LogP contribution in [0.25, 0.3) is 0 Å². The lowest BCUT2D eigenvalue weighted by Gasteiger charge is -2.29. The molecule has 0 bridgehead atoms. The third-order valence-electron chi connectivity index (χ3n) is 4.60. The molecule has 1 N–H and O–H groups in total. The van der Waals surface area contributed by atoms with Crippen molar-refractivity contribution in [3.8, 4) is 0 Å². The van der Waals surface area contributed by atoms with Crippen LogP contribution >= 0.6 is 0 Å². The molecule has 4 heteroatoms. The van der Waals surface area contributed by atoms with E-state index in [9.17, 15) is 9.90 Å². The van der Waals surface area contributed by atoms with Crippen LogP contribution in [0.5, 0.6) is 0 Å². The average molecular weight is 325 g/mol. The first-order valence-electron chi connectivity index (χ1n) is 8.18. The van der Waals surface area contributed by atoms with Gasteiger partial charge < -0.3 is 14.7 Å². The number of benzene rings is 2. The van der Waals surface area contributed by atoms with Crippen molar-refractivity contribution in [2.45, 2.75) is 39.3 Å². The van der Waals surface area contributed by atoms with E-state index in [0.29, 0.717) is 13.2 Å². The second-order valence-electron chi connectivity index (χ2n) is 6.82. The molecule has 0 spiro atoms. The Hall–Kier alpha value is -2.17. The topological polar surface area (TPSA) is 49.8 Å². The number of aliphatic hydroxyl groups excluding tert-OH is 1. The third kappa shape index (κ3) is 3.21. The van der Waals surface area contributed by atoms with E-state index < -0.39 is 17.7 Å². The van der Waals surface area contributed by atoms with Crippen LogP contribution in [-0.4, -0.2) is 28.2 Å². The van der Waals surface area contributed by atoms with Gasteiger partial charge in [0.05, 0.1) is 6.61 Å². The molecule has 1 heterocycles. The molecule has 1 saturated heterocycles. The van der Waals surface area contributed by atoms with E-state index in [4.69, 9.17) is 4.74 Å². The Morgan fingerprint density at radius 1 is 1.00 bits per heavy atom. The number of ether oxygens (including phenoxy) is 1. The third-order valence-corrected chi connectivity index (χ3v) is 4.60. The van der Waals surface area contributed by atoms with Crippen molar-refractivity contribution in [1.29, 1.82) is 0 Å². The number of carbonyl (C=O) groups is 1. The fourth-order valence-electron chi connectivity index (χ4n) is 3.11. The van der Waals surface area contributed by atoms with Gasteiger partial charge in [0.2, 0.25) is 0 Å². The van der Waals surface area contributed by atoms with E-state index in [1.54, 1.807) is 0 Å². The van der Waals surface area contributed by atoms with Crippen LogP contribution in [0, 0.1) is 5.41 Å². The van der Waals surface area contributed by atoms with Crippen molar-refractivity contribution in [1.82, 2.24) is 4.90 Å². The smallest absolute Gasteiger partial charge is 0.254 e. The fraction of sp³-hybridized carbons (Fsp3) is 0.350. The summed E-state index contributed by atoms with van der Waals surface area (Å²) in [6, 6.07) is 19.4. The number of nitrogens with zero attached hydrogens (tertiary/aromatic N) is 1. The van der Waals surface area contributed by atoms with Gasteiger partial charge in [-0.25, -0.2) is 0 Å². The summed E-state index contributed by atoms with van der Waals surface area (Å²) >= 11 is 0. The number of likely N-dealkylation sites (tertiary alicyclic amines) is 1. The fourth-order valence-corrected chi connectivity index (χ4v) is 3.11. The van der Waals surface area contributed by atoms with E-state index in [1.165, 1.54) is 4.90 Å². The van der Waals surface area contributed by atoms with Crippen molar-refractivity contribution in [2.75, 3.05) is 0 Å². The lowest BCUT2D eigenvalue weighted by Crippen LogP contribution is -2.38. The molecule has 1 amide bonds. The van der Waals surface area contributed by atoms with E-state index in [0.717, 1.165) is 11.1 Å². The summed E-state index contributed by atoms with van der Waals surface area (Å²) in [5.41, 5.74) is 1.34. The second-order valence-corrected chi connectivity index (χ2v) is 6.82. The summed E-state index contributed by atoms with van der Waals surface area (Å²) in [7, 11) is 0. The Bertz CT molecular complexity index is 685. The maximum absolute atomic E-state index is 12.8. The summed E-state index contributed by atoms with van der Waals surface area (Å²) in [5.74, 6) is -0.160. The number of hydrogen-bond donors (Lipinski definition) is 1. The maximum atomic E-state index is 12.8. The summed E-state index contributed by atoms with van der Waals surface area (Å²) in [6.07, 6.45) is -1.53. The molecule has 0 unspecified atom stereocenters. The second kappa shape index (κ2) is 6.75. The minimum atomic E-state index is -0.869. The maximum Gasteiger partial charge on any atom is 0.254 e. The number of rotatable bonds is 5. The molecule has 2 atom stereocenters. The van der Waals surface area contributed by atoms with Gasteiger partial charge in [-0.3, -0.25) is 4.79 Å². The number of aliphatic hydroxyl groups is 1. The molecule has 1 aliphatic heterocycles. The predicted octanol–water partition coefficient (Wildman–Crippen LogP) is 2.96. The quantitative estimate of drug-likeness (QED) is 0.919. The Balaban J connectivity index is 1.74. The van der Waals surface area contributed by atoms with E-state index in [-0.39, 0.29) is 5.91 Å². The minimum Gasteiger partial charge on any atom is -0.373 e. The molecule has 0 aromatic heterocycles. The largest absolute Gasteiger partial charge is 0.373 e. The van der Waals surface area contributed by atoms with Crippen LogP contribution in [0.2, 0.25) is 0 Å². The molecular formula is C20H23NO3. The lowest BCUT2D eigenvalue weighted by atomic mass is 9.87. The summed E-state index contributed by atoms with van der Waals surface area (Å²) < 4.78 is 5.90. The Kier molecular flexibility index (Phi) is 4.69. The van der Waals surface area contributed by atoms with Gasteiger partial charge in [-0.15, -0.1) is 0 Å². The highest BCUT2D eigenvalue weighted by molar-refractivity contribution is 5.84. The Morgan fingerprint density at radius 3 is 2.12 bits per heavy atom. The summed E-state index contributed by atoms with van der Waals surface area (Å²) in [4.78, 5) is 14.3. The molecule has 0 aliphatic carbocycles. The van der Waals surface area contributed by atoms with Crippen LogP contribution in [0.3, 0.4) is 0 Å². The first kappa shape index (κ1) is 16.7. The Labute approximate surface area is 142 Å². The minimum absolute atomic E-state index is 0.160. The van der Waals surface area contributed by atoms with Gasteiger partial charge in [0, 0.05) is 12.0 Å². The zero-order chi connectivity index (χ0) is 17.2.